The van der Waals surface area contributed by atoms with E-state index in [0.717, 1.165) is 8.66 Å². The first-order valence-corrected chi connectivity index (χ1v) is 7.66. The monoisotopic (exact) mass is 345 g/mol. The molecule has 6 heteroatoms. The normalized spacial score (nSPS) is 27.0. The van der Waals surface area contributed by atoms with Crippen LogP contribution in [0.3, 0.4) is 0 Å². The van der Waals surface area contributed by atoms with Crippen molar-refractivity contribution in [1.29, 1.82) is 0 Å². The molecule has 1 fully saturated rings. The van der Waals surface area contributed by atoms with Crippen molar-refractivity contribution in [1.82, 2.24) is 5.32 Å². The van der Waals surface area contributed by atoms with E-state index in [1.807, 2.05) is 19.1 Å². The molecule has 2 rings (SSSR count). The molecule has 2 unspecified atom stereocenters. The minimum absolute atomic E-state index is 0.211. The second-order valence-electron chi connectivity index (χ2n) is 4.56. The van der Waals surface area contributed by atoms with Gasteiger partial charge in [-0.15, -0.1) is 11.3 Å². The summed E-state index contributed by atoms with van der Waals surface area (Å²) in [6.45, 7) is 2.57. The average molecular weight is 346 g/mol. The largest absolute Gasteiger partial charge is 0.385 e. The van der Waals surface area contributed by atoms with E-state index in [4.69, 9.17) is 4.74 Å². The Labute approximate surface area is 124 Å². The smallest absolute Gasteiger partial charge is 0.244 e. The molecular weight excluding hydrogens is 330 g/mol. The molecule has 2 N–H and O–H groups in total. The number of rotatable bonds is 4. The zero-order chi connectivity index (χ0) is 13.9. The van der Waals surface area contributed by atoms with E-state index in [2.05, 4.69) is 21.2 Å². The Balaban J connectivity index is 1.83. The first kappa shape index (κ1) is 14.7. The van der Waals surface area contributed by atoms with E-state index >= 15 is 0 Å². The molecule has 1 aromatic rings. The van der Waals surface area contributed by atoms with E-state index < -0.39 is 5.60 Å². The number of carbonyl (C=O) groups excluding carboxylic acids is 1. The molecule has 2 heterocycles. The molecule has 1 aliphatic rings. The van der Waals surface area contributed by atoms with Crippen LogP contribution in [0.1, 0.15) is 18.2 Å². The topological polar surface area (TPSA) is 58.6 Å². The summed E-state index contributed by atoms with van der Waals surface area (Å²) in [5.74, 6) is -0.211. The predicted molar refractivity (Wildman–Crippen MR) is 79.0 cm³/mol. The van der Waals surface area contributed by atoms with E-state index in [1.54, 1.807) is 17.4 Å². The Hall–Kier alpha value is -0.690. The van der Waals surface area contributed by atoms with Gasteiger partial charge in [0, 0.05) is 30.5 Å². The van der Waals surface area contributed by atoms with Crippen molar-refractivity contribution in [3.8, 4) is 0 Å². The van der Waals surface area contributed by atoms with Crippen LogP contribution in [-0.2, 0) is 9.53 Å². The summed E-state index contributed by atoms with van der Waals surface area (Å²) in [5, 5.41) is 12.9. The van der Waals surface area contributed by atoms with Crippen LogP contribution < -0.4 is 5.32 Å². The summed E-state index contributed by atoms with van der Waals surface area (Å²) in [6, 6.07) is 3.86. The number of hydrogen-bond donors (Lipinski definition) is 2. The second-order valence-corrected chi connectivity index (χ2v) is 7.05. The zero-order valence-corrected chi connectivity index (χ0v) is 13.0. The van der Waals surface area contributed by atoms with Crippen molar-refractivity contribution in [3.05, 3.63) is 26.9 Å². The summed E-state index contributed by atoms with van der Waals surface area (Å²) in [7, 11) is 0. The molecule has 0 radical (unpaired) electrons. The van der Waals surface area contributed by atoms with Gasteiger partial charge in [-0.25, -0.2) is 0 Å². The van der Waals surface area contributed by atoms with E-state index in [0.29, 0.717) is 13.0 Å². The maximum atomic E-state index is 11.7. The van der Waals surface area contributed by atoms with Gasteiger partial charge >= 0.3 is 0 Å². The number of halogens is 1. The predicted octanol–water partition coefficient (Wildman–Crippen LogP) is 2.18. The lowest BCUT2D eigenvalue weighted by Crippen LogP contribution is -2.47. The lowest BCUT2D eigenvalue weighted by Gasteiger charge is -2.25. The lowest BCUT2D eigenvalue weighted by molar-refractivity contribution is -0.118. The molecule has 0 bridgehead atoms. The Morgan fingerprint density at radius 3 is 3.11 bits per heavy atom. The minimum atomic E-state index is -0.949. The van der Waals surface area contributed by atoms with Gasteiger partial charge in [0.15, 0.2) is 0 Å². The van der Waals surface area contributed by atoms with Crippen LogP contribution in [0.25, 0.3) is 6.08 Å². The molecule has 1 saturated heterocycles. The Bertz CT molecular complexity index is 488. The van der Waals surface area contributed by atoms with Gasteiger partial charge in [0.25, 0.3) is 0 Å². The van der Waals surface area contributed by atoms with Crippen molar-refractivity contribution in [2.75, 3.05) is 13.2 Å². The molecular formula is C13H16BrNO3S. The molecule has 1 amide bonds. The van der Waals surface area contributed by atoms with Crippen LogP contribution in [0, 0.1) is 0 Å². The van der Waals surface area contributed by atoms with Gasteiger partial charge in [-0.1, -0.05) is 0 Å². The molecule has 0 spiro atoms. The molecule has 4 nitrogen and oxygen atoms in total. The van der Waals surface area contributed by atoms with E-state index in [-0.39, 0.29) is 18.6 Å². The average Bonchev–Trinajstić information content (AvgIpc) is 2.92. The standard InChI is InChI=1S/C13H16BrNO3S/c1-9-13(17,6-7-18-9)8-15-12(16)5-3-10-2-4-11(14)19-10/h2-5,9,17H,6-8H2,1H3,(H,15,16)/b5-3+. The van der Waals surface area contributed by atoms with Crippen LogP contribution in [0.2, 0.25) is 0 Å². The summed E-state index contributed by atoms with van der Waals surface area (Å²) in [4.78, 5) is 12.7. The van der Waals surface area contributed by atoms with Crippen LogP contribution in [0.5, 0.6) is 0 Å². The highest BCUT2D eigenvalue weighted by Gasteiger charge is 2.39. The third-order valence-corrected chi connectivity index (χ3v) is 4.81. The molecule has 1 aromatic heterocycles. The number of hydrogen-bond acceptors (Lipinski definition) is 4. The van der Waals surface area contributed by atoms with Crippen LogP contribution >= 0.6 is 27.3 Å². The van der Waals surface area contributed by atoms with Crippen molar-refractivity contribution in [2.45, 2.75) is 25.0 Å². The number of amides is 1. The third-order valence-electron chi connectivity index (χ3n) is 3.22. The van der Waals surface area contributed by atoms with Crippen LogP contribution in [0.15, 0.2) is 22.0 Å². The van der Waals surface area contributed by atoms with Gasteiger partial charge in [-0.3, -0.25) is 4.79 Å². The molecule has 0 aromatic carbocycles. The van der Waals surface area contributed by atoms with Crippen LogP contribution in [-0.4, -0.2) is 35.9 Å². The zero-order valence-electron chi connectivity index (χ0n) is 10.6. The highest BCUT2D eigenvalue weighted by atomic mass is 79.9. The van der Waals surface area contributed by atoms with Crippen molar-refractivity contribution in [2.24, 2.45) is 0 Å². The Kier molecular flexibility index (Phi) is 4.78. The minimum Gasteiger partial charge on any atom is -0.385 e. The number of carbonyl (C=O) groups is 1. The summed E-state index contributed by atoms with van der Waals surface area (Å²) in [6.07, 6.45) is 3.53. The second kappa shape index (κ2) is 6.17. The van der Waals surface area contributed by atoms with E-state index in [1.165, 1.54) is 6.08 Å². The number of nitrogens with one attached hydrogen (secondary N) is 1. The molecule has 1 aliphatic heterocycles. The third kappa shape index (κ3) is 3.89. The number of thiophene rings is 1. The first-order valence-electron chi connectivity index (χ1n) is 6.05. The number of ether oxygens (including phenoxy) is 1. The quantitative estimate of drug-likeness (QED) is 0.822. The SMILES string of the molecule is CC1OCCC1(O)CNC(=O)/C=C/c1ccc(Br)s1. The van der Waals surface area contributed by atoms with Gasteiger partial charge < -0.3 is 15.2 Å². The van der Waals surface area contributed by atoms with Crippen LogP contribution in [0.4, 0.5) is 0 Å². The Morgan fingerprint density at radius 1 is 1.74 bits per heavy atom. The van der Waals surface area contributed by atoms with Gasteiger partial charge in [-0.2, -0.15) is 0 Å². The van der Waals surface area contributed by atoms with E-state index in [9.17, 15) is 9.90 Å². The fraction of sp³-hybridized carbons (Fsp3) is 0.462. The molecule has 19 heavy (non-hydrogen) atoms. The molecule has 0 aliphatic carbocycles. The van der Waals surface area contributed by atoms with Crippen molar-refractivity contribution < 1.29 is 14.6 Å². The van der Waals surface area contributed by atoms with Crippen molar-refractivity contribution >= 4 is 39.2 Å². The van der Waals surface area contributed by atoms with Gasteiger partial charge in [0.1, 0.15) is 5.60 Å². The lowest BCUT2D eigenvalue weighted by atomic mass is 9.97. The highest BCUT2D eigenvalue weighted by Crippen LogP contribution is 2.25. The van der Waals surface area contributed by atoms with Crippen molar-refractivity contribution in [3.63, 3.8) is 0 Å². The fourth-order valence-corrected chi connectivity index (χ4v) is 3.20. The highest BCUT2D eigenvalue weighted by molar-refractivity contribution is 9.11. The Morgan fingerprint density at radius 2 is 2.53 bits per heavy atom. The maximum absolute atomic E-state index is 11.7. The summed E-state index contributed by atoms with van der Waals surface area (Å²) in [5.41, 5.74) is -0.949. The van der Waals surface area contributed by atoms with Gasteiger partial charge in [0.05, 0.1) is 9.89 Å². The first-order chi connectivity index (χ1) is 8.99. The molecule has 0 saturated carbocycles. The maximum Gasteiger partial charge on any atom is 0.244 e. The molecule has 2 atom stereocenters. The number of aliphatic hydroxyl groups is 1. The summed E-state index contributed by atoms with van der Waals surface area (Å²) >= 11 is 4.92. The van der Waals surface area contributed by atoms with Gasteiger partial charge in [-0.05, 0) is 41.1 Å². The summed E-state index contributed by atoms with van der Waals surface area (Å²) < 4.78 is 6.34. The molecule has 104 valence electrons. The van der Waals surface area contributed by atoms with Gasteiger partial charge in [0.2, 0.25) is 5.91 Å². The fourth-order valence-electron chi connectivity index (χ4n) is 1.88.